The lowest BCUT2D eigenvalue weighted by atomic mass is 9.54. The number of ether oxygens (including phenoxy) is 2. The van der Waals surface area contributed by atoms with Crippen LogP contribution in [0.15, 0.2) is 11.1 Å². The lowest BCUT2D eigenvalue weighted by Gasteiger charge is -2.52. The fourth-order valence-corrected chi connectivity index (χ4v) is 6.52. The van der Waals surface area contributed by atoms with E-state index < -0.39 is 6.10 Å². The summed E-state index contributed by atoms with van der Waals surface area (Å²) >= 11 is 0. The van der Waals surface area contributed by atoms with E-state index in [1.807, 2.05) is 0 Å². The second-order valence-electron chi connectivity index (χ2n) is 10.4. The Bertz CT molecular complexity index is 710. The van der Waals surface area contributed by atoms with Crippen LogP contribution in [0.25, 0.3) is 0 Å². The van der Waals surface area contributed by atoms with E-state index in [0.29, 0.717) is 19.4 Å². The Morgan fingerprint density at radius 3 is 2.43 bits per heavy atom. The second-order valence-corrected chi connectivity index (χ2v) is 10.4. The number of aliphatic hydroxyl groups is 2. The lowest BCUT2D eigenvalue weighted by molar-refractivity contribution is -0.158. The van der Waals surface area contributed by atoms with Gasteiger partial charge in [-0.25, -0.2) is 0 Å². The molecule has 0 heterocycles. The zero-order chi connectivity index (χ0) is 22.3. The fourth-order valence-electron chi connectivity index (χ4n) is 6.52. The molecule has 0 radical (unpaired) electrons. The van der Waals surface area contributed by atoms with Gasteiger partial charge in [-0.1, -0.05) is 31.9 Å². The first-order valence-electron chi connectivity index (χ1n) is 11.3. The summed E-state index contributed by atoms with van der Waals surface area (Å²) in [6.07, 6.45) is 4.25. The van der Waals surface area contributed by atoms with Gasteiger partial charge in [0.05, 0.1) is 12.7 Å². The van der Waals surface area contributed by atoms with E-state index in [1.54, 1.807) is 0 Å². The summed E-state index contributed by atoms with van der Waals surface area (Å²) in [7, 11) is 0. The van der Waals surface area contributed by atoms with Crippen LogP contribution in [0, 0.1) is 28.6 Å². The summed E-state index contributed by atoms with van der Waals surface area (Å²) in [5, 5.41) is 21.1. The minimum absolute atomic E-state index is 0.0141. The zero-order valence-electron chi connectivity index (χ0n) is 19.1. The average Bonchev–Trinajstić information content (AvgIpc) is 2.90. The van der Waals surface area contributed by atoms with Gasteiger partial charge < -0.3 is 19.7 Å². The van der Waals surface area contributed by atoms with Crippen LogP contribution >= 0.6 is 0 Å². The Hall–Kier alpha value is -1.40. The van der Waals surface area contributed by atoms with Gasteiger partial charge in [0, 0.05) is 37.7 Å². The third-order valence-corrected chi connectivity index (χ3v) is 8.40. The summed E-state index contributed by atoms with van der Waals surface area (Å²) in [6.45, 7) is 9.67. The van der Waals surface area contributed by atoms with E-state index in [2.05, 4.69) is 20.8 Å². The quantitative estimate of drug-likeness (QED) is 0.521. The van der Waals surface area contributed by atoms with Gasteiger partial charge in [-0.3, -0.25) is 9.59 Å². The average molecular weight is 423 g/mol. The minimum atomic E-state index is -0.403. The van der Waals surface area contributed by atoms with Gasteiger partial charge in [-0.05, 0) is 49.9 Å². The molecule has 1 fully saturated rings. The lowest BCUT2D eigenvalue weighted by Crippen LogP contribution is -2.48. The first-order valence-corrected chi connectivity index (χ1v) is 11.3. The van der Waals surface area contributed by atoms with Crippen molar-refractivity contribution in [3.63, 3.8) is 0 Å². The number of carbonyl (C=O) groups is 2. The largest absolute Gasteiger partial charge is 0.466 e. The molecular formula is C24H38O6. The SMILES string of the molecule is CC(=O)OC[C@H]1C[C@@H](OC(C)=O)CC[C@]1(C)[C@H]1CCC2=C(C[C@@H](O)C2(C)C)[C@@H]1CO. The fraction of sp³-hybridized carbons (Fsp3) is 0.833. The van der Waals surface area contributed by atoms with Crippen molar-refractivity contribution in [2.75, 3.05) is 13.2 Å². The molecule has 0 aromatic heterocycles. The van der Waals surface area contributed by atoms with Crippen molar-refractivity contribution in [2.24, 2.45) is 28.6 Å². The molecule has 170 valence electrons. The van der Waals surface area contributed by atoms with Crippen LogP contribution in [-0.4, -0.2) is 47.6 Å². The number of hydrogen-bond donors (Lipinski definition) is 2. The molecule has 30 heavy (non-hydrogen) atoms. The van der Waals surface area contributed by atoms with Crippen molar-refractivity contribution in [3.8, 4) is 0 Å². The molecule has 0 aliphatic heterocycles. The summed E-state index contributed by atoms with van der Waals surface area (Å²) in [5.41, 5.74) is 2.17. The van der Waals surface area contributed by atoms with Crippen molar-refractivity contribution in [1.29, 1.82) is 0 Å². The molecule has 3 aliphatic carbocycles. The van der Waals surface area contributed by atoms with Gasteiger partial charge in [-0.2, -0.15) is 0 Å². The topological polar surface area (TPSA) is 93.1 Å². The third-order valence-electron chi connectivity index (χ3n) is 8.40. The van der Waals surface area contributed by atoms with E-state index in [4.69, 9.17) is 9.47 Å². The van der Waals surface area contributed by atoms with Crippen molar-refractivity contribution in [1.82, 2.24) is 0 Å². The van der Waals surface area contributed by atoms with Gasteiger partial charge in [0.25, 0.3) is 0 Å². The number of hydrogen-bond acceptors (Lipinski definition) is 6. The molecule has 0 spiro atoms. The first-order chi connectivity index (χ1) is 14.0. The Labute approximate surface area is 180 Å². The smallest absolute Gasteiger partial charge is 0.302 e. The third kappa shape index (κ3) is 4.18. The predicted molar refractivity (Wildman–Crippen MR) is 112 cm³/mol. The van der Waals surface area contributed by atoms with Crippen molar-refractivity contribution in [2.45, 2.75) is 85.4 Å². The van der Waals surface area contributed by atoms with Gasteiger partial charge in [0.1, 0.15) is 6.10 Å². The molecule has 1 saturated carbocycles. The maximum Gasteiger partial charge on any atom is 0.302 e. The maximum atomic E-state index is 11.5. The van der Waals surface area contributed by atoms with Crippen molar-refractivity contribution < 1.29 is 29.3 Å². The highest BCUT2D eigenvalue weighted by molar-refractivity contribution is 5.66. The van der Waals surface area contributed by atoms with Crippen LogP contribution in [0.3, 0.4) is 0 Å². The zero-order valence-corrected chi connectivity index (χ0v) is 19.1. The van der Waals surface area contributed by atoms with Crippen LogP contribution in [0.4, 0.5) is 0 Å². The Balaban J connectivity index is 1.89. The molecule has 6 nitrogen and oxygen atoms in total. The number of carbonyl (C=O) groups excluding carboxylic acids is 2. The molecule has 6 atom stereocenters. The summed E-state index contributed by atoms with van der Waals surface area (Å²) in [4.78, 5) is 23.0. The highest BCUT2D eigenvalue weighted by Crippen LogP contribution is 2.59. The molecule has 6 heteroatoms. The molecule has 0 amide bonds. The second kappa shape index (κ2) is 8.62. The van der Waals surface area contributed by atoms with E-state index in [-0.39, 0.29) is 53.2 Å². The van der Waals surface area contributed by atoms with Gasteiger partial charge >= 0.3 is 11.9 Å². The van der Waals surface area contributed by atoms with Crippen molar-refractivity contribution in [3.05, 3.63) is 11.1 Å². The molecular weight excluding hydrogens is 384 g/mol. The molecule has 3 rings (SSSR count). The highest BCUT2D eigenvalue weighted by Gasteiger charge is 2.53. The Kier molecular flexibility index (Phi) is 6.68. The monoisotopic (exact) mass is 422 g/mol. The standard InChI is InChI=1S/C24H38O6/c1-14(26)29-13-16-10-17(30-15(2)27)8-9-24(16,5)21-7-6-20-18(19(21)12-25)11-22(28)23(20,3)4/h16-17,19,21-22,25,28H,6-13H2,1-5H3/t16-,17+,19+,21+,22-,24+/m1/s1. The van der Waals surface area contributed by atoms with E-state index in [1.165, 1.54) is 25.0 Å². The van der Waals surface area contributed by atoms with Gasteiger partial charge in [-0.15, -0.1) is 0 Å². The van der Waals surface area contributed by atoms with Crippen LogP contribution in [-0.2, 0) is 19.1 Å². The number of esters is 2. The molecule has 0 saturated heterocycles. The van der Waals surface area contributed by atoms with Crippen LogP contribution < -0.4 is 0 Å². The molecule has 2 N–H and O–H groups in total. The van der Waals surface area contributed by atoms with E-state index in [9.17, 15) is 19.8 Å². The van der Waals surface area contributed by atoms with E-state index >= 15 is 0 Å². The number of rotatable bonds is 5. The normalized spacial score (nSPS) is 38.2. The summed E-state index contributed by atoms with van der Waals surface area (Å²) < 4.78 is 10.9. The van der Waals surface area contributed by atoms with Crippen molar-refractivity contribution >= 4 is 11.9 Å². The number of aliphatic hydroxyl groups excluding tert-OH is 2. The minimum Gasteiger partial charge on any atom is -0.466 e. The summed E-state index contributed by atoms with van der Waals surface area (Å²) in [5.74, 6) is -0.279. The Morgan fingerprint density at radius 1 is 1.13 bits per heavy atom. The van der Waals surface area contributed by atoms with Gasteiger partial charge in [0.2, 0.25) is 0 Å². The molecule has 0 bridgehead atoms. The first kappa shape index (κ1) is 23.3. The highest BCUT2D eigenvalue weighted by atomic mass is 16.5. The molecule has 0 unspecified atom stereocenters. The predicted octanol–water partition coefficient (Wildman–Crippen LogP) is 3.39. The van der Waals surface area contributed by atoms with E-state index in [0.717, 1.165) is 25.7 Å². The van der Waals surface area contributed by atoms with Crippen LogP contribution in [0.5, 0.6) is 0 Å². The van der Waals surface area contributed by atoms with Crippen LogP contribution in [0.2, 0.25) is 0 Å². The molecule has 0 aromatic carbocycles. The van der Waals surface area contributed by atoms with Crippen LogP contribution in [0.1, 0.15) is 73.1 Å². The summed E-state index contributed by atoms with van der Waals surface area (Å²) in [6, 6.07) is 0. The maximum absolute atomic E-state index is 11.5. The molecule has 0 aromatic rings. The van der Waals surface area contributed by atoms with Gasteiger partial charge in [0.15, 0.2) is 0 Å². The Morgan fingerprint density at radius 2 is 1.83 bits per heavy atom. The molecule has 3 aliphatic rings.